The predicted octanol–water partition coefficient (Wildman–Crippen LogP) is 1.19. The molecule has 26 heavy (non-hydrogen) atoms. The highest BCUT2D eigenvalue weighted by molar-refractivity contribution is 5.80. The lowest BCUT2D eigenvalue weighted by atomic mass is 9.95. The van der Waals surface area contributed by atoms with E-state index in [1.54, 1.807) is 11.8 Å². The zero-order valence-electron chi connectivity index (χ0n) is 15.6. The summed E-state index contributed by atoms with van der Waals surface area (Å²) < 4.78 is 10.2. The fourth-order valence-corrected chi connectivity index (χ4v) is 3.44. The van der Waals surface area contributed by atoms with Gasteiger partial charge in [0.2, 0.25) is 11.8 Å². The molecule has 148 valence electrons. The molecule has 0 aromatic carbocycles. The number of likely N-dealkylation sites (tertiary alicyclic amines) is 1. The van der Waals surface area contributed by atoms with E-state index in [0.29, 0.717) is 32.5 Å². The molecule has 8 heteroatoms. The number of carbonyl (C=O) groups excluding carboxylic acids is 3. The highest BCUT2D eigenvalue weighted by atomic mass is 16.6. The normalized spacial score (nSPS) is 19.0. The van der Waals surface area contributed by atoms with Crippen LogP contribution in [0.2, 0.25) is 0 Å². The van der Waals surface area contributed by atoms with Crippen LogP contribution in [0.3, 0.4) is 0 Å². The lowest BCUT2D eigenvalue weighted by Gasteiger charge is -2.31. The Balaban J connectivity index is 1.55. The van der Waals surface area contributed by atoms with Crippen LogP contribution in [0.15, 0.2) is 0 Å². The molecule has 0 bridgehead atoms. The molecular weight excluding hydrogens is 338 g/mol. The van der Waals surface area contributed by atoms with Gasteiger partial charge in [0.05, 0.1) is 6.61 Å². The summed E-state index contributed by atoms with van der Waals surface area (Å²) in [5, 5.41) is 5.85. The average molecular weight is 369 g/mol. The third kappa shape index (κ3) is 7.19. The largest absolute Gasteiger partial charge is 0.450 e. The number of piperidine rings is 1. The van der Waals surface area contributed by atoms with Gasteiger partial charge in [-0.1, -0.05) is 19.3 Å². The van der Waals surface area contributed by atoms with Crippen molar-refractivity contribution in [2.75, 3.05) is 32.9 Å². The maximum atomic E-state index is 11.9. The van der Waals surface area contributed by atoms with Crippen LogP contribution in [-0.4, -0.2) is 67.8 Å². The minimum absolute atomic E-state index is 0.0211. The van der Waals surface area contributed by atoms with E-state index in [1.165, 1.54) is 6.42 Å². The van der Waals surface area contributed by atoms with E-state index >= 15 is 0 Å². The standard InChI is InChI=1S/C18H31N3O5/c1-2-26-18(24)21-10-8-15(9-11-21)20-17(23)13-25-12-16(22)19-14-6-4-3-5-7-14/h14-15H,2-13H2,1H3,(H,19,22)(H,20,23). The fraction of sp³-hybridized carbons (Fsp3) is 0.833. The Morgan fingerprint density at radius 2 is 1.42 bits per heavy atom. The summed E-state index contributed by atoms with van der Waals surface area (Å²) in [4.78, 5) is 37.0. The smallest absolute Gasteiger partial charge is 0.409 e. The van der Waals surface area contributed by atoms with Gasteiger partial charge in [0.1, 0.15) is 13.2 Å². The van der Waals surface area contributed by atoms with Crippen molar-refractivity contribution in [3.05, 3.63) is 0 Å². The van der Waals surface area contributed by atoms with Crippen LogP contribution in [0, 0.1) is 0 Å². The third-order valence-electron chi connectivity index (χ3n) is 4.82. The van der Waals surface area contributed by atoms with Crippen molar-refractivity contribution in [1.29, 1.82) is 0 Å². The monoisotopic (exact) mass is 369 g/mol. The highest BCUT2D eigenvalue weighted by Crippen LogP contribution is 2.17. The van der Waals surface area contributed by atoms with Gasteiger partial charge in [-0.2, -0.15) is 0 Å². The topological polar surface area (TPSA) is 97.0 Å². The number of rotatable bonds is 7. The summed E-state index contributed by atoms with van der Waals surface area (Å²) in [5.74, 6) is -0.391. The molecule has 0 atom stereocenters. The molecular formula is C18H31N3O5. The molecule has 8 nitrogen and oxygen atoms in total. The SMILES string of the molecule is CCOC(=O)N1CCC(NC(=O)COCC(=O)NC2CCCCC2)CC1. The lowest BCUT2D eigenvalue weighted by Crippen LogP contribution is -2.47. The molecule has 0 aromatic heterocycles. The van der Waals surface area contributed by atoms with Gasteiger partial charge in [0.15, 0.2) is 0 Å². The predicted molar refractivity (Wildman–Crippen MR) is 95.6 cm³/mol. The summed E-state index contributed by atoms with van der Waals surface area (Å²) in [6.45, 7) is 3.05. The van der Waals surface area contributed by atoms with Crippen LogP contribution in [0.1, 0.15) is 51.9 Å². The van der Waals surface area contributed by atoms with Crippen molar-refractivity contribution in [2.24, 2.45) is 0 Å². The molecule has 1 aliphatic heterocycles. The molecule has 0 unspecified atom stereocenters. The van der Waals surface area contributed by atoms with Crippen LogP contribution in [0.25, 0.3) is 0 Å². The van der Waals surface area contributed by atoms with Gasteiger partial charge in [-0.05, 0) is 32.6 Å². The Kier molecular flexibility index (Phi) is 8.67. The van der Waals surface area contributed by atoms with E-state index in [4.69, 9.17) is 9.47 Å². The average Bonchev–Trinajstić information content (AvgIpc) is 2.63. The van der Waals surface area contributed by atoms with Crippen molar-refractivity contribution in [3.63, 3.8) is 0 Å². The molecule has 1 aliphatic carbocycles. The van der Waals surface area contributed by atoms with Gasteiger partial charge < -0.3 is 25.0 Å². The Hall–Kier alpha value is -1.83. The zero-order chi connectivity index (χ0) is 18.8. The molecule has 2 rings (SSSR count). The van der Waals surface area contributed by atoms with E-state index in [0.717, 1.165) is 25.7 Å². The van der Waals surface area contributed by atoms with E-state index in [1.807, 2.05) is 0 Å². The third-order valence-corrected chi connectivity index (χ3v) is 4.82. The first-order chi connectivity index (χ1) is 12.6. The number of ether oxygens (including phenoxy) is 2. The Labute approximate surface area is 155 Å². The quantitative estimate of drug-likeness (QED) is 0.703. The van der Waals surface area contributed by atoms with Crippen molar-refractivity contribution in [2.45, 2.75) is 64.0 Å². The van der Waals surface area contributed by atoms with Crippen molar-refractivity contribution < 1.29 is 23.9 Å². The number of nitrogens with zero attached hydrogens (tertiary/aromatic N) is 1. The van der Waals surface area contributed by atoms with Gasteiger partial charge in [-0.15, -0.1) is 0 Å². The van der Waals surface area contributed by atoms with Crippen molar-refractivity contribution in [1.82, 2.24) is 15.5 Å². The maximum absolute atomic E-state index is 11.9. The van der Waals surface area contributed by atoms with Crippen LogP contribution in [0.4, 0.5) is 4.79 Å². The first-order valence-electron chi connectivity index (χ1n) is 9.66. The molecule has 1 saturated heterocycles. The molecule has 0 aromatic rings. The molecule has 1 saturated carbocycles. The number of hydrogen-bond donors (Lipinski definition) is 2. The van der Waals surface area contributed by atoms with Crippen LogP contribution in [0.5, 0.6) is 0 Å². The molecule has 2 aliphatic rings. The molecule has 0 radical (unpaired) electrons. The number of carbonyl (C=O) groups is 3. The maximum Gasteiger partial charge on any atom is 0.409 e. The van der Waals surface area contributed by atoms with Crippen molar-refractivity contribution in [3.8, 4) is 0 Å². The van der Waals surface area contributed by atoms with Crippen LogP contribution >= 0.6 is 0 Å². The number of nitrogens with one attached hydrogen (secondary N) is 2. The van der Waals surface area contributed by atoms with E-state index in [9.17, 15) is 14.4 Å². The van der Waals surface area contributed by atoms with E-state index < -0.39 is 0 Å². The van der Waals surface area contributed by atoms with E-state index in [-0.39, 0.29) is 43.2 Å². The first-order valence-corrected chi connectivity index (χ1v) is 9.66. The molecule has 3 amide bonds. The Bertz CT molecular complexity index is 471. The molecule has 0 spiro atoms. The van der Waals surface area contributed by atoms with Gasteiger partial charge in [-0.25, -0.2) is 4.79 Å². The minimum Gasteiger partial charge on any atom is -0.450 e. The molecule has 1 heterocycles. The summed E-state index contributed by atoms with van der Waals surface area (Å²) in [6, 6.07) is 0.270. The van der Waals surface area contributed by atoms with Gasteiger partial charge in [0.25, 0.3) is 0 Å². The summed E-state index contributed by atoms with van der Waals surface area (Å²) in [5.41, 5.74) is 0. The van der Waals surface area contributed by atoms with Gasteiger partial charge in [-0.3, -0.25) is 9.59 Å². The lowest BCUT2D eigenvalue weighted by molar-refractivity contribution is -0.131. The number of hydrogen-bond acceptors (Lipinski definition) is 5. The second kappa shape index (κ2) is 11.0. The second-order valence-electron chi connectivity index (χ2n) is 6.92. The zero-order valence-corrected chi connectivity index (χ0v) is 15.6. The van der Waals surface area contributed by atoms with Gasteiger partial charge >= 0.3 is 6.09 Å². The summed E-state index contributed by atoms with van der Waals surface area (Å²) >= 11 is 0. The number of amides is 3. The summed E-state index contributed by atoms with van der Waals surface area (Å²) in [6.07, 6.45) is 6.67. The van der Waals surface area contributed by atoms with Gasteiger partial charge in [0, 0.05) is 25.2 Å². The minimum atomic E-state index is -0.301. The molecule has 2 fully saturated rings. The van der Waals surface area contributed by atoms with Crippen LogP contribution < -0.4 is 10.6 Å². The highest BCUT2D eigenvalue weighted by Gasteiger charge is 2.24. The fourth-order valence-electron chi connectivity index (χ4n) is 3.44. The van der Waals surface area contributed by atoms with E-state index in [2.05, 4.69) is 10.6 Å². The molecule has 2 N–H and O–H groups in total. The Morgan fingerprint density at radius 3 is 1.96 bits per heavy atom. The Morgan fingerprint density at radius 1 is 0.885 bits per heavy atom. The van der Waals surface area contributed by atoms with Crippen LogP contribution in [-0.2, 0) is 19.1 Å². The van der Waals surface area contributed by atoms with Crippen molar-refractivity contribution >= 4 is 17.9 Å². The second-order valence-corrected chi connectivity index (χ2v) is 6.92. The first kappa shape index (κ1) is 20.5. The summed E-state index contributed by atoms with van der Waals surface area (Å²) in [7, 11) is 0.